The lowest BCUT2D eigenvalue weighted by atomic mass is 10.2. The maximum absolute atomic E-state index is 12.0. The fourth-order valence-electron chi connectivity index (χ4n) is 1.81. The van der Waals surface area contributed by atoms with Crippen LogP contribution in [0.15, 0.2) is 53.4 Å². The largest absolute Gasteiger partial charge is 0.484 e. The van der Waals surface area contributed by atoms with Gasteiger partial charge in [-0.25, -0.2) is 8.42 Å². The van der Waals surface area contributed by atoms with Crippen molar-refractivity contribution in [3.8, 4) is 11.8 Å². The summed E-state index contributed by atoms with van der Waals surface area (Å²) in [5.41, 5.74) is 3.24. The molecule has 0 saturated heterocycles. The van der Waals surface area contributed by atoms with Crippen LogP contribution in [0, 0.1) is 18.3 Å². The Labute approximate surface area is 139 Å². The third kappa shape index (κ3) is 4.81. The molecule has 0 aliphatic carbocycles. The number of hydrazine groups is 1. The van der Waals surface area contributed by atoms with Crippen LogP contribution in [0.2, 0.25) is 0 Å². The van der Waals surface area contributed by atoms with Crippen molar-refractivity contribution in [2.75, 3.05) is 6.61 Å². The lowest BCUT2D eigenvalue weighted by Gasteiger charge is -2.10. The fourth-order valence-corrected chi connectivity index (χ4v) is 2.71. The number of carbonyl (C=O) groups excluding carboxylic acids is 1. The average molecular weight is 345 g/mol. The number of nitrogens with one attached hydrogen (secondary N) is 2. The minimum Gasteiger partial charge on any atom is -0.484 e. The number of carbonyl (C=O) groups is 1. The Balaban J connectivity index is 1.91. The molecule has 0 saturated carbocycles. The third-order valence-corrected chi connectivity index (χ3v) is 4.20. The van der Waals surface area contributed by atoms with Crippen LogP contribution in [0.1, 0.15) is 11.1 Å². The topological polar surface area (TPSA) is 108 Å². The summed E-state index contributed by atoms with van der Waals surface area (Å²) in [6.07, 6.45) is 0. The van der Waals surface area contributed by atoms with E-state index < -0.39 is 15.9 Å². The smallest absolute Gasteiger partial charge is 0.272 e. The van der Waals surface area contributed by atoms with Gasteiger partial charge in [-0.05, 0) is 42.8 Å². The highest BCUT2D eigenvalue weighted by Gasteiger charge is 2.15. The van der Waals surface area contributed by atoms with Gasteiger partial charge < -0.3 is 4.74 Å². The van der Waals surface area contributed by atoms with Crippen LogP contribution in [0.5, 0.6) is 5.75 Å². The van der Waals surface area contributed by atoms with Gasteiger partial charge in [0.05, 0.1) is 16.5 Å². The minimum atomic E-state index is -3.97. The van der Waals surface area contributed by atoms with Crippen molar-refractivity contribution >= 4 is 15.9 Å². The summed E-state index contributed by atoms with van der Waals surface area (Å²) in [5.74, 6) is -0.147. The lowest BCUT2D eigenvalue weighted by Crippen LogP contribution is -2.43. The van der Waals surface area contributed by atoms with Crippen LogP contribution < -0.4 is 15.0 Å². The molecule has 2 aromatic carbocycles. The molecule has 0 spiro atoms. The van der Waals surface area contributed by atoms with E-state index in [2.05, 4.69) is 5.43 Å². The molecule has 0 aliphatic heterocycles. The number of nitrogens with zero attached hydrogens (tertiary/aromatic N) is 1. The first-order valence-corrected chi connectivity index (χ1v) is 8.39. The number of benzene rings is 2. The molecular weight excluding hydrogens is 330 g/mol. The Morgan fingerprint density at radius 2 is 1.96 bits per heavy atom. The Bertz CT molecular complexity index is 888. The van der Waals surface area contributed by atoms with Gasteiger partial charge in [0.15, 0.2) is 6.61 Å². The first-order valence-electron chi connectivity index (χ1n) is 6.91. The molecule has 0 bridgehead atoms. The van der Waals surface area contributed by atoms with E-state index in [0.717, 1.165) is 5.56 Å². The molecule has 2 aromatic rings. The van der Waals surface area contributed by atoms with Crippen LogP contribution in [-0.2, 0) is 14.8 Å². The van der Waals surface area contributed by atoms with E-state index in [4.69, 9.17) is 10.00 Å². The maximum atomic E-state index is 12.0. The summed E-state index contributed by atoms with van der Waals surface area (Å²) < 4.78 is 29.4. The van der Waals surface area contributed by atoms with Crippen molar-refractivity contribution in [2.24, 2.45) is 0 Å². The lowest BCUT2D eigenvalue weighted by molar-refractivity contribution is -0.123. The predicted molar refractivity (Wildman–Crippen MR) is 86.3 cm³/mol. The van der Waals surface area contributed by atoms with Crippen LogP contribution in [0.3, 0.4) is 0 Å². The van der Waals surface area contributed by atoms with Crippen LogP contribution in [-0.4, -0.2) is 20.9 Å². The highest BCUT2D eigenvalue weighted by Crippen LogP contribution is 2.12. The van der Waals surface area contributed by atoms with E-state index >= 15 is 0 Å². The molecule has 1 amide bonds. The zero-order valence-electron chi connectivity index (χ0n) is 12.8. The summed E-state index contributed by atoms with van der Waals surface area (Å²) in [6.45, 7) is 1.54. The normalized spacial score (nSPS) is 10.7. The van der Waals surface area contributed by atoms with Crippen molar-refractivity contribution in [3.05, 3.63) is 59.7 Å². The van der Waals surface area contributed by atoms with Gasteiger partial charge in [0, 0.05) is 0 Å². The molecular formula is C16H15N3O4S. The zero-order valence-corrected chi connectivity index (χ0v) is 13.6. The van der Waals surface area contributed by atoms with Crippen LogP contribution in [0.4, 0.5) is 0 Å². The number of aryl methyl sites for hydroxylation is 1. The second kappa shape index (κ2) is 7.59. The quantitative estimate of drug-likeness (QED) is 0.766. The Morgan fingerprint density at radius 1 is 1.21 bits per heavy atom. The zero-order chi connectivity index (χ0) is 17.6. The Hall–Kier alpha value is -2.89. The summed E-state index contributed by atoms with van der Waals surface area (Å²) >= 11 is 0. The van der Waals surface area contributed by atoms with Gasteiger partial charge in [0.2, 0.25) is 0 Å². The van der Waals surface area contributed by atoms with Crippen LogP contribution >= 0.6 is 0 Å². The van der Waals surface area contributed by atoms with E-state index in [1.165, 1.54) is 24.3 Å². The van der Waals surface area contributed by atoms with E-state index in [-0.39, 0.29) is 17.1 Å². The van der Waals surface area contributed by atoms with Crippen molar-refractivity contribution < 1.29 is 17.9 Å². The van der Waals surface area contributed by atoms with E-state index in [0.29, 0.717) is 5.75 Å². The van der Waals surface area contributed by atoms with Crippen molar-refractivity contribution in [2.45, 2.75) is 11.8 Å². The average Bonchev–Trinajstić information content (AvgIpc) is 2.58. The molecule has 0 radical (unpaired) electrons. The van der Waals surface area contributed by atoms with Gasteiger partial charge in [-0.3, -0.25) is 10.2 Å². The number of hydrogen-bond donors (Lipinski definition) is 2. The summed E-state index contributed by atoms with van der Waals surface area (Å²) in [4.78, 5) is 13.5. The first-order chi connectivity index (χ1) is 11.4. The highest BCUT2D eigenvalue weighted by molar-refractivity contribution is 7.89. The number of nitriles is 1. The molecule has 2 rings (SSSR count). The van der Waals surface area contributed by atoms with Crippen molar-refractivity contribution in [3.63, 3.8) is 0 Å². The van der Waals surface area contributed by atoms with Gasteiger partial charge >= 0.3 is 0 Å². The molecule has 0 heterocycles. The number of hydrogen-bond acceptors (Lipinski definition) is 5. The first kappa shape index (κ1) is 17.5. The monoisotopic (exact) mass is 345 g/mol. The molecule has 2 N–H and O–H groups in total. The van der Waals surface area contributed by atoms with Crippen molar-refractivity contribution in [1.82, 2.24) is 10.3 Å². The Kier molecular flexibility index (Phi) is 5.52. The van der Waals surface area contributed by atoms with E-state index in [9.17, 15) is 13.2 Å². The standard InChI is InChI=1S/C16H15N3O4S/c1-12-4-2-6-14(8-12)23-11-16(20)18-19-24(21,22)15-7-3-5-13(9-15)10-17/h2-9,19H,11H2,1H3,(H,18,20). The SMILES string of the molecule is Cc1cccc(OCC(=O)NNS(=O)(=O)c2cccc(C#N)c2)c1. The van der Waals surface area contributed by atoms with E-state index in [1.54, 1.807) is 18.2 Å². The number of sulfonamides is 1. The molecule has 0 aliphatic rings. The Morgan fingerprint density at radius 3 is 2.67 bits per heavy atom. The molecule has 0 aromatic heterocycles. The molecule has 0 atom stereocenters. The highest BCUT2D eigenvalue weighted by atomic mass is 32.2. The molecule has 0 fully saturated rings. The number of ether oxygens (including phenoxy) is 1. The second-order valence-electron chi connectivity index (χ2n) is 4.90. The van der Waals surface area contributed by atoms with Gasteiger partial charge in [-0.2, -0.15) is 5.26 Å². The number of amides is 1. The summed E-state index contributed by atoms with van der Waals surface area (Å²) in [7, 11) is -3.97. The molecule has 7 nitrogen and oxygen atoms in total. The van der Waals surface area contributed by atoms with Crippen molar-refractivity contribution in [1.29, 1.82) is 5.26 Å². The second-order valence-corrected chi connectivity index (χ2v) is 6.58. The summed E-state index contributed by atoms with van der Waals surface area (Å²) in [6, 6.07) is 14.4. The minimum absolute atomic E-state index is 0.124. The van der Waals surface area contributed by atoms with Gasteiger partial charge in [-0.1, -0.05) is 18.2 Å². The summed E-state index contributed by atoms with van der Waals surface area (Å²) in [5, 5.41) is 8.79. The molecule has 8 heteroatoms. The fraction of sp³-hybridized carbons (Fsp3) is 0.125. The van der Waals surface area contributed by atoms with Gasteiger partial charge in [-0.15, -0.1) is 4.83 Å². The molecule has 124 valence electrons. The van der Waals surface area contributed by atoms with E-state index in [1.807, 2.05) is 23.9 Å². The van der Waals surface area contributed by atoms with Gasteiger partial charge in [0.25, 0.3) is 15.9 Å². The predicted octanol–water partition coefficient (Wildman–Crippen LogP) is 1.26. The molecule has 24 heavy (non-hydrogen) atoms. The van der Waals surface area contributed by atoms with Gasteiger partial charge in [0.1, 0.15) is 5.75 Å². The molecule has 0 unspecified atom stereocenters. The number of rotatable bonds is 6. The maximum Gasteiger partial charge on any atom is 0.272 e. The third-order valence-electron chi connectivity index (χ3n) is 2.96. The van der Waals surface area contributed by atoms with Crippen LogP contribution in [0.25, 0.3) is 0 Å².